The van der Waals surface area contributed by atoms with E-state index >= 15 is 0 Å². The molecule has 0 aliphatic heterocycles. The summed E-state index contributed by atoms with van der Waals surface area (Å²) in [5.74, 6) is -0.901. The highest BCUT2D eigenvalue weighted by Crippen LogP contribution is 2.16. The van der Waals surface area contributed by atoms with Crippen LogP contribution >= 0.6 is 15.9 Å². The zero-order valence-corrected chi connectivity index (χ0v) is 9.74. The number of rotatable bonds is 4. The van der Waals surface area contributed by atoms with Crippen LogP contribution < -0.4 is 5.32 Å². The smallest absolute Gasteiger partial charge is 0.251 e. The Morgan fingerprint density at radius 1 is 1.62 bits per heavy atom. The number of carbonyl (C=O) groups excluding carboxylic acids is 1. The lowest BCUT2D eigenvalue weighted by molar-refractivity contribution is 0.0954. The van der Waals surface area contributed by atoms with Gasteiger partial charge in [0, 0.05) is 23.6 Å². The average molecular weight is 287 g/mol. The predicted octanol–water partition coefficient (Wildman–Crippen LogP) is 2.63. The molecule has 0 heterocycles. The van der Waals surface area contributed by atoms with Gasteiger partial charge < -0.3 is 5.32 Å². The summed E-state index contributed by atoms with van der Waals surface area (Å²) in [7, 11) is 0. The van der Waals surface area contributed by atoms with Gasteiger partial charge in [0.25, 0.3) is 5.91 Å². The molecule has 1 rings (SSSR count). The number of benzene rings is 1. The molecule has 0 radical (unpaired) electrons. The maximum atomic E-state index is 13.1. The molecule has 0 aliphatic rings. The molecule has 0 aliphatic carbocycles. The van der Waals surface area contributed by atoms with Crippen LogP contribution in [0.2, 0.25) is 0 Å². The van der Waals surface area contributed by atoms with Crippen LogP contribution in [0.3, 0.4) is 0 Å². The van der Waals surface area contributed by atoms with Crippen molar-refractivity contribution in [3.8, 4) is 0 Å². The van der Waals surface area contributed by atoms with Crippen LogP contribution in [0.25, 0.3) is 10.4 Å². The van der Waals surface area contributed by atoms with Crippen LogP contribution in [-0.4, -0.2) is 19.0 Å². The Hall–Kier alpha value is -1.59. The van der Waals surface area contributed by atoms with Crippen molar-refractivity contribution >= 4 is 21.8 Å². The largest absolute Gasteiger partial charge is 0.352 e. The van der Waals surface area contributed by atoms with Gasteiger partial charge in [-0.05, 0) is 39.7 Å². The Kier molecular flexibility index (Phi) is 4.75. The molecule has 16 heavy (non-hydrogen) atoms. The summed E-state index contributed by atoms with van der Waals surface area (Å²) in [4.78, 5) is 14.0. The Balaban J connectivity index is 2.59. The van der Waals surface area contributed by atoms with Crippen LogP contribution in [0.5, 0.6) is 0 Å². The molecule has 0 unspecified atom stereocenters. The van der Waals surface area contributed by atoms with E-state index in [0.717, 1.165) is 6.07 Å². The summed E-state index contributed by atoms with van der Waals surface area (Å²) in [6, 6.07) is 4.08. The van der Waals surface area contributed by atoms with Crippen molar-refractivity contribution in [2.75, 3.05) is 13.1 Å². The van der Waals surface area contributed by atoms with E-state index in [1.54, 1.807) is 0 Å². The third-order valence-electron chi connectivity index (χ3n) is 1.74. The van der Waals surface area contributed by atoms with Crippen LogP contribution in [0, 0.1) is 5.82 Å². The van der Waals surface area contributed by atoms with Gasteiger partial charge in [-0.15, -0.1) is 0 Å². The van der Waals surface area contributed by atoms with Crippen LogP contribution in [0.1, 0.15) is 10.4 Å². The maximum absolute atomic E-state index is 13.1. The van der Waals surface area contributed by atoms with Gasteiger partial charge in [-0.2, -0.15) is 0 Å². The zero-order chi connectivity index (χ0) is 12.0. The summed E-state index contributed by atoms with van der Waals surface area (Å²) in [6.07, 6.45) is 0. The van der Waals surface area contributed by atoms with Crippen molar-refractivity contribution in [1.29, 1.82) is 0 Å². The standard InChI is InChI=1S/C9H8BrFN4O/c10-7-2-1-6(5-8(7)11)9(16)13-3-4-14-15-12/h1-2,5H,3-4H2,(H,13,16). The van der Waals surface area contributed by atoms with E-state index < -0.39 is 11.7 Å². The normalized spacial score (nSPS) is 9.38. The van der Waals surface area contributed by atoms with Gasteiger partial charge >= 0.3 is 0 Å². The molecule has 1 N–H and O–H groups in total. The topological polar surface area (TPSA) is 77.9 Å². The maximum Gasteiger partial charge on any atom is 0.251 e. The van der Waals surface area contributed by atoms with E-state index in [1.807, 2.05) is 0 Å². The lowest BCUT2D eigenvalue weighted by Gasteiger charge is -2.03. The molecule has 0 atom stereocenters. The van der Waals surface area contributed by atoms with Crippen LogP contribution in [0.4, 0.5) is 4.39 Å². The zero-order valence-electron chi connectivity index (χ0n) is 8.15. The molecule has 5 nitrogen and oxygen atoms in total. The monoisotopic (exact) mass is 286 g/mol. The van der Waals surface area contributed by atoms with Crippen molar-refractivity contribution in [2.45, 2.75) is 0 Å². The van der Waals surface area contributed by atoms with E-state index in [9.17, 15) is 9.18 Å². The number of azide groups is 1. The summed E-state index contributed by atoms with van der Waals surface area (Å²) >= 11 is 2.99. The molecule has 0 aromatic heterocycles. The lowest BCUT2D eigenvalue weighted by atomic mass is 10.2. The Morgan fingerprint density at radius 2 is 2.38 bits per heavy atom. The molecule has 7 heteroatoms. The number of hydrogen-bond acceptors (Lipinski definition) is 2. The van der Waals surface area contributed by atoms with E-state index in [0.29, 0.717) is 4.47 Å². The molecule has 84 valence electrons. The number of nitrogens with zero attached hydrogens (tertiary/aromatic N) is 3. The summed E-state index contributed by atoms with van der Waals surface area (Å²) in [5, 5.41) is 5.75. The van der Waals surface area contributed by atoms with Crippen molar-refractivity contribution in [2.24, 2.45) is 5.11 Å². The van der Waals surface area contributed by atoms with Gasteiger partial charge in [0.2, 0.25) is 0 Å². The van der Waals surface area contributed by atoms with Gasteiger partial charge in [0.1, 0.15) is 5.82 Å². The molecule has 1 aromatic rings. The average Bonchev–Trinajstić information content (AvgIpc) is 2.28. The van der Waals surface area contributed by atoms with E-state index in [4.69, 9.17) is 5.53 Å². The van der Waals surface area contributed by atoms with Crippen LogP contribution in [-0.2, 0) is 0 Å². The first-order valence-electron chi connectivity index (χ1n) is 4.39. The number of halogens is 2. The van der Waals surface area contributed by atoms with Crippen molar-refractivity contribution in [3.05, 3.63) is 44.5 Å². The van der Waals surface area contributed by atoms with Crippen molar-refractivity contribution < 1.29 is 9.18 Å². The number of hydrogen-bond donors (Lipinski definition) is 1. The third-order valence-corrected chi connectivity index (χ3v) is 2.39. The van der Waals surface area contributed by atoms with Crippen molar-refractivity contribution in [3.63, 3.8) is 0 Å². The summed E-state index contributed by atoms with van der Waals surface area (Å²) in [5.41, 5.74) is 8.23. The minimum Gasteiger partial charge on any atom is -0.352 e. The molecule has 0 spiro atoms. The number of amides is 1. The highest BCUT2D eigenvalue weighted by atomic mass is 79.9. The first kappa shape index (κ1) is 12.5. The minimum absolute atomic E-state index is 0.168. The van der Waals surface area contributed by atoms with E-state index in [-0.39, 0.29) is 18.7 Å². The third kappa shape index (κ3) is 3.52. The number of nitrogens with one attached hydrogen (secondary N) is 1. The molecule has 0 saturated carbocycles. The quantitative estimate of drug-likeness (QED) is 0.393. The van der Waals surface area contributed by atoms with Crippen molar-refractivity contribution in [1.82, 2.24) is 5.32 Å². The minimum atomic E-state index is -0.498. The molecular weight excluding hydrogens is 279 g/mol. The molecule has 0 saturated heterocycles. The predicted molar refractivity (Wildman–Crippen MR) is 60.4 cm³/mol. The van der Waals surface area contributed by atoms with Crippen LogP contribution in [0.15, 0.2) is 27.8 Å². The first-order valence-corrected chi connectivity index (χ1v) is 5.18. The fourth-order valence-corrected chi connectivity index (χ4v) is 1.25. The fraction of sp³-hybridized carbons (Fsp3) is 0.222. The summed E-state index contributed by atoms with van der Waals surface area (Å²) in [6.45, 7) is 0.391. The molecule has 1 amide bonds. The molecular formula is C9H8BrFN4O. The van der Waals surface area contributed by atoms with E-state index in [2.05, 4.69) is 31.3 Å². The summed E-state index contributed by atoms with van der Waals surface area (Å²) < 4.78 is 13.4. The first-order chi connectivity index (χ1) is 7.65. The molecule has 0 fully saturated rings. The Morgan fingerprint density at radius 3 is 3.00 bits per heavy atom. The second-order valence-corrected chi connectivity index (χ2v) is 3.69. The molecule has 0 bridgehead atoms. The Labute approximate surface area is 99.4 Å². The second-order valence-electron chi connectivity index (χ2n) is 2.84. The lowest BCUT2D eigenvalue weighted by Crippen LogP contribution is -2.25. The van der Waals surface area contributed by atoms with Gasteiger partial charge in [-0.3, -0.25) is 4.79 Å². The van der Waals surface area contributed by atoms with Gasteiger partial charge in [0.05, 0.1) is 4.47 Å². The highest BCUT2D eigenvalue weighted by Gasteiger charge is 2.07. The SMILES string of the molecule is [N-]=[N+]=NCCNC(=O)c1ccc(Br)c(F)c1. The Bertz CT molecular complexity index is 445. The number of carbonyl (C=O) groups is 1. The highest BCUT2D eigenvalue weighted by molar-refractivity contribution is 9.10. The fourth-order valence-electron chi connectivity index (χ4n) is 1.00. The van der Waals surface area contributed by atoms with Gasteiger partial charge in [-0.1, -0.05) is 5.11 Å². The molecule has 1 aromatic carbocycles. The second kappa shape index (κ2) is 6.09. The van der Waals surface area contributed by atoms with E-state index in [1.165, 1.54) is 12.1 Å². The van der Waals surface area contributed by atoms with Gasteiger partial charge in [-0.25, -0.2) is 4.39 Å². The van der Waals surface area contributed by atoms with Gasteiger partial charge in [0.15, 0.2) is 0 Å².